The van der Waals surface area contributed by atoms with E-state index in [-0.39, 0.29) is 6.04 Å². The Hall–Kier alpha value is -1.26. The third-order valence-electron chi connectivity index (χ3n) is 3.31. The van der Waals surface area contributed by atoms with E-state index in [1.807, 2.05) is 12.1 Å². The highest BCUT2D eigenvalue weighted by Gasteiger charge is 2.21. The molecular formula is C13H20N2O2. The van der Waals surface area contributed by atoms with Gasteiger partial charge in [0.25, 0.3) is 0 Å². The molecule has 0 aliphatic carbocycles. The van der Waals surface area contributed by atoms with Crippen molar-refractivity contribution < 1.29 is 9.47 Å². The normalized spacial score (nSPS) is 15.6. The smallest absolute Gasteiger partial charge is 0.231 e. The summed E-state index contributed by atoms with van der Waals surface area (Å²) in [5, 5.41) is 0. The minimum Gasteiger partial charge on any atom is -0.454 e. The first-order valence-electron chi connectivity index (χ1n) is 5.95. The fraction of sp³-hybridized carbons (Fsp3) is 0.538. The van der Waals surface area contributed by atoms with Gasteiger partial charge in [-0.25, -0.2) is 0 Å². The molecule has 0 spiro atoms. The van der Waals surface area contributed by atoms with E-state index in [0.29, 0.717) is 19.4 Å². The molecule has 0 aromatic heterocycles. The molecule has 0 radical (unpaired) electrons. The summed E-state index contributed by atoms with van der Waals surface area (Å²) in [6, 6.07) is 6.70. The van der Waals surface area contributed by atoms with Crippen molar-refractivity contribution in [2.75, 3.05) is 20.4 Å². The second-order valence-corrected chi connectivity index (χ2v) is 4.62. The van der Waals surface area contributed by atoms with Crippen LogP contribution < -0.4 is 15.2 Å². The van der Waals surface area contributed by atoms with Crippen molar-refractivity contribution in [3.8, 4) is 11.5 Å². The Kier molecular flexibility index (Phi) is 3.54. The molecule has 1 unspecified atom stereocenters. The van der Waals surface area contributed by atoms with E-state index < -0.39 is 0 Å². The lowest BCUT2D eigenvalue weighted by Gasteiger charge is -2.30. The third kappa shape index (κ3) is 2.37. The lowest BCUT2D eigenvalue weighted by molar-refractivity contribution is 0.173. The van der Waals surface area contributed by atoms with Crippen molar-refractivity contribution in [1.29, 1.82) is 0 Å². The van der Waals surface area contributed by atoms with Gasteiger partial charge in [0.1, 0.15) is 0 Å². The first-order chi connectivity index (χ1) is 8.13. The van der Waals surface area contributed by atoms with Crippen LogP contribution in [-0.4, -0.2) is 31.3 Å². The molecule has 0 amide bonds. The minimum absolute atomic E-state index is 0.212. The highest BCUT2D eigenvalue weighted by Crippen LogP contribution is 2.35. The molecular weight excluding hydrogens is 216 g/mol. The molecule has 1 aromatic rings. The molecule has 2 rings (SSSR count). The van der Waals surface area contributed by atoms with Crippen LogP contribution in [0.15, 0.2) is 18.2 Å². The SMILES string of the molecule is CC(C)N(C)C(CN)c1ccc2c(c1)OCO2. The Morgan fingerprint density at radius 3 is 2.65 bits per heavy atom. The molecule has 94 valence electrons. The lowest BCUT2D eigenvalue weighted by atomic mass is 10.0. The molecule has 2 N–H and O–H groups in total. The van der Waals surface area contributed by atoms with E-state index in [9.17, 15) is 0 Å². The summed E-state index contributed by atoms with van der Waals surface area (Å²) in [5.74, 6) is 1.63. The zero-order valence-corrected chi connectivity index (χ0v) is 10.6. The fourth-order valence-corrected chi connectivity index (χ4v) is 2.02. The number of rotatable bonds is 4. The van der Waals surface area contributed by atoms with Crippen molar-refractivity contribution in [3.05, 3.63) is 23.8 Å². The van der Waals surface area contributed by atoms with Gasteiger partial charge in [0.15, 0.2) is 11.5 Å². The Morgan fingerprint density at radius 1 is 1.29 bits per heavy atom. The lowest BCUT2D eigenvalue weighted by Crippen LogP contribution is -2.35. The van der Waals surface area contributed by atoms with E-state index in [1.165, 1.54) is 5.56 Å². The second kappa shape index (κ2) is 4.94. The van der Waals surface area contributed by atoms with Gasteiger partial charge >= 0.3 is 0 Å². The Bertz CT molecular complexity index is 393. The Labute approximate surface area is 102 Å². The quantitative estimate of drug-likeness (QED) is 0.865. The maximum Gasteiger partial charge on any atom is 0.231 e. The number of benzene rings is 1. The molecule has 1 atom stereocenters. The summed E-state index contributed by atoms with van der Waals surface area (Å²) in [5.41, 5.74) is 7.05. The van der Waals surface area contributed by atoms with E-state index >= 15 is 0 Å². The Balaban J connectivity index is 2.25. The van der Waals surface area contributed by atoms with Gasteiger partial charge in [0.2, 0.25) is 6.79 Å². The predicted octanol–water partition coefficient (Wildman–Crippen LogP) is 1.76. The maximum atomic E-state index is 5.87. The van der Waals surface area contributed by atoms with Crippen LogP contribution in [-0.2, 0) is 0 Å². The molecule has 17 heavy (non-hydrogen) atoms. The predicted molar refractivity (Wildman–Crippen MR) is 67.3 cm³/mol. The van der Waals surface area contributed by atoms with Gasteiger partial charge < -0.3 is 15.2 Å². The van der Waals surface area contributed by atoms with Crippen LogP contribution in [0.2, 0.25) is 0 Å². The highest BCUT2D eigenvalue weighted by molar-refractivity contribution is 5.45. The average Bonchev–Trinajstić information content (AvgIpc) is 2.77. The summed E-state index contributed by atoms with van der Waals surface area (Å²) in [4.78, 5) is 2.26. The van der Waals surface area contributed by atoms with E-state index in [2.05, 4.69) is 31.9 Å². The highest BCUT2D eigenvalue weighted by atomic mass is 16.7. The van der Waals surface area contributed by atoms with Crippen LogP contribution in [0, 0.1) is 0 Å². The van der Waals surface area contributed by atoms with Crippen LogP contribution in [0.5, 0.6) is 11.5 Å². The number of ether oxygens (including phenoxy) is 2. The summed E-state index contributed by atoms with van der Waals surface area (Å²) in [6.45, 7) is 5.23. The van der Waals surface area contributed by atoms with Gasteiger partial charge in [-0.3, -0.25) is 4.90 Å². The van der Waals surface area contributed by atoms with Crippen LogP contribution in [0.25, 0.3) is 0 Å². The number of fused-ring (bicyclic) bond motifs is 1. The number of hydrogen-bond donors (Lipinski definition) is 1. The maximum absolute atomic E-state index is 5.87. The van der Waals surface area contributed by atoms with Gasteiger partial charge in [-0.1, -0.05) is 6.07 Å². The first-order valence-corrected chi connectivity index (χ1v) is 5.95. The monoisotopic (exact) mass is 236 g/mol. The van der Waals surface area contributed by atoms with Crippen molar-refractivity contribution in [2.45, 2.75) is 25.9 Å². The topological polar surface area (TPSA) is 47.7 Å². The molecule has 1 heterocycles. The fourth-order valence-electron chi connectivity index (χ4n) is 2.02. The molecule has 1 aliphatic heterocycles. The summed E-state index contributed by atoms with van der Waals surface area (Å²) < 4.78 is 10.7. The number of nitrogens with two attached hydrogens (primary N) is 1. The molecule has 1 aromatic carbocycles. The third-order valence-corrected chi connectivity index (χ3v) is 3.31. The van der Waals surface area contributed by atoms with Gasteiger partial charge in [-0.05, 0) is 38.6 Å². The zero-order chi connectivity index (χ0) is 12.4. The number of likely N-dealkylation sites (N-methyl/N-ethyl adjacent to an activating group) is 1. The molecule has 0 fully saturated rings. The molecule has 0 saturated heterocycles. The molecule has 1 aliphatic rings. The van der Waals surface area contributed by atoms with Gasteiger partial charge in [-0.2, -0.15) is 0 Å². The van der Waals surface area contributed by atoms with Crippen molar-refractivity contribution in [1.82, 2.24) is 4.90 Å². The van der Waals surface area contributed by atoms with Gasteiger partial charge in [0.05, 0.1) is 0 Å². The average molecular weight is 236 g/mol. The summed E-state index contributed by atoms with van der Waals surface area (Å²) in [6.07, 6.45) is 0. The second-order valence-electron chi connectivity index (χ2n) is 4.62. The number of hydrogen-bond acceptors (Lipinski definition) is 4. The summed E-state index contributed by atoms with van der Waals surface area (Å²) >= 11 is 0. The van der Waals surface area contributed by atoms with Crippen LogP contribution in [0.1, 0.15) is 25.5 Å². The van der Waals surface area contributed by atoms with Crippen molar-refractivity contribution in [2.24, 2.45) is 5.73 Å². The van der Waals surface area contributed by atoms with E-state index in [4.69, 9.17) is 15.2 Å². The van der Waals surface area contributed by atoms with Gasteiger partial charge in [0, 0.05) is 18.6 Å². The zero-order valence-electron chi connectivity index (χ0n) is 10.6. The largest absolute Gasteiger partial charge is 0.454 e. The van der Waals surface area contributed by atoms with Crippen LogP contribution in [0.4, 0.5) is 0 Å². The first kappa shape index (κ1) is 12.2. The Morgan fingerprint density at radius 2 is 2.00 bits per heavy atom. The molecule has 4 heteroatoms. The van der Waals surface area contributed by atoms with Crippen molar-refractivity contribution >= 4 is 0 Å². The van der Waals surface area contributed by atoms with Crippen LogP contribution in [0.3, 0.4) is 0 Å². The molecule has 0 saturated carbocycles. The standard InChI is InChI=1S/C13H20N2O2/c1-9(2)15(3)11(7-14)10-4-5-12-13(6-10)17-8-16-12/h4-6,9,11H,7-8,14H2,1-3H3. The molecule has 0 bridgehead atoms. The van der Waals surface area contributed by atoms with Gasteiger partial charge in [-0.15, -0.1) is 0 Å². The minimum atomic E-state index is 0.212. The van der Waals surface area contributed by atoms with Crippen LogP contribution >= 0.6 is 0 Å². The summed E-state index contributed by atoms with van der Waals surface area (Å²) in [7, 11) is 2.09. The van der Waals surface area contributed by atoms with Crippen molar-refractivity contribution in [3.63, 3.8) is 0 Å². The van der Waals surface area contributed by atoms with E-state index in [1.54, 1.807) is 0 Å². The van der Waals surface area contributed by atoms with E-state index in [0.717, 1.165) is 11.5 Å². The molecule has 4 nitrogen and oxygen atoms in total. The number of nitrogens with zero attached hydrogens (tertiary/aromatic N) is 1.